The molecule has 1 aromatic rings. The Balaban J connectivity index is 2.23. The fourth-order valence-corrected chi connectivity index (χ4v) is 2.52. The maximum atomic E-state index is 12.9. The maximum Gasteiger partial charge on any atom is 0.419 e. The highest BCUT2D eigenvalue weighted by atomic mass is 19.4. The predicted molar refractivity (Wildman–Crippen MR) is 66.2 cm³/mol. The van der Waals surface area contributed by atoms with E-state index in [4.69, 9.17) is 5.11 Å². The highest BCUT2D eigenvalue weighted by molar-refractivity contribution is 5.71. The van der Waals surface area contributed by atoms with Crippen LogP contribution in [0.2, 0.25) is 0 Å². The first-order valence-corrected chi connectivity index (χ1v) is 6.41. The zero-order valence-electron chi connectivity index (χ0n) is 10.7. The van der Waals surface area contributed by atoms with Crippen LogP contribution in [0.5, 0.6) is 0 Å². The highest BCUT2D eigenvalue weighted by Crippen LogP contribution is 2.35. The minimum atomic E-state index is -4.51. The minimum Gasteiger partial charge on any atom is -0.481 e. The van der Waals surface area contributed by atoms with E-state index in [2.05, 4.69) is 10.3 Å². The number of hydrogen-bond donors (Lipinski definition) is 2. The summed E-state index contributed by atoms with van der Waals surface area (Å²) < 4.78 is 38.6. The van der Waals surface area contributed by atoms with Crippen molar-refractivity contribution in [1.82, 2.24) is 4.98 Å². The van der Waals surface area contributed by atoms with Gasteiger partial charge in [0.15, 0.2) is 0 Å². The molecule has 0 bridgehead atoms. The molecule has 7 heteroatoms. The number of nitrogens with one attached hydrogen (secondary N) is 1. The van der Waals surface area contributed by atoms with E-state index < -0.39 is 29.7 Å². The molecule has 2 atom stereocenters. The number of carboxylic acid groups (broad SMARTS) is 1. The second-order valence-corrected chi connectivity index (χ2v) is 4.88. The van der Waals surface area contributed by atoms with Crippen LogP contribution in [0, 0.1) is 5.92 Å². The molecule has 1 aliphatic carbocycles. The average molecular weight is 288 g/mol. The van der Waals surface area contributed by atoms with Crippen molar-refractivity contribution in [2.75, 3.05) is 5.32 Å². The second kappa shape index (κ2) is 5.68. The van der Waals surface area contributed by atoms with Crippen LogP contribution in [0.25, 0.3) is 0 Å². The predicted octanol–water partition coefficient (Wildman–Crippen LogP) is 3.16. The molecule has 0 radical (unpaired) electrons. The van der Waals surface area contributed by atoms with Crippen molar-refractivity contribution in [3.63, 3.8) is 0 Å². The Hall–Kier alpha value is -1.79. The van der Waals surface area contributed by atoms with Crippen LogP contribution in [0.1, 0.15) is 31.2 Å². The fourth-order valence-electron chi connectivity index (χ4n) is 2.52. The first kappa shape index (κ1) is 14.6. The molecule has 0 amide bonds. The van der Waals surface area contributed by atoms with Crippen molar-refractivity contribution >= 4 is 11.8 Å². The lowest BCUT2D eigenvalue weighted by atomic mass is 9.84. The number of anilines is 1. The first-order valence-electron chi connectivity index (χ1n) is 6.41. The van der Waals surface area contributed by atoms with Crippen molar-refractivity contribution < 1.29 is 23.1 Å². The summed E-state index contributed by atoms with van der Waals surface area (Å²) in [5, 5.41) is 11.8. The maximum absolute atomic E-state index is 12.9. The third-order valence-electron chi connectivity index (χ3n) is 3.52. The monoisotopic (exact) mass is 288 g/mol. The topological polar surface area (TPSA) is 62.2 Å². The lowest BCUT2D eigenvalue weighted by molar-refractivity contribution is -0.143. The van der Waals surface area contributed by atoms with Crippen molar-refractivity contribution in [2.24, 2.45) is 5.92 Å². The smallest absolute Gasteiger partial charge is 0.419 e. The number of nitrogens with zero attached hydrogens (tertiary/aromatic N) is 1. The highest BCUT2D eigenvalue weighted by Gasteiger charge is 2.36. The Morgan fingerprint density at radius 2 is 2.05 bits per heavy atom. The van der Waals surface area contributed by atoms with Crippen molar-refractivity contribution in [1.29, 1.82) is 0 Å². The summed E-state index contributed by atoms with van der Waals surface area (Å²) >= 11 is 0. The minimum absolute atomic E-state index is 0.293. The summed E-state index contributed by atoms with van der Waals surface area (Å²) in [5.74, 6) is -1.95. The number of hydrogen-bond acceptors (Lipinski definition) is 3. The van der Waals surface area contributed by atoms with E-state index in [1.165, 1.54) is 12.3 Å². The third kappa shape index (κ3) is 3.20. The number of carbonyl (C=O) groups is 1. The van der Waals surface area contributed by atoms with Crippen LogP contribution in [0.4, 0.5) is 19.0 Å². The van der Waals surface area contributed by atoms with Crippen LogP contribution < -0.4 is 5.32 Å². The van der Waals surface area contributed by atoms with E-state index in [1.54, 1.807) is 0 Å². The van der Waals surface area contributed by atoms with Crippen molar-refractivity contribution in [3.05, 3.63) is 23.9 Å². The molecule has 0 spiro atoms. The number of aliphatic carboxylic acids is 1. The zero-order chi connectivity index (χ0) is 14.8. The molecule has 110 valence electrons. The van der Waals surface area contributed by atoms with Crippen LogP contribution in [-0.2, 0) is 11.0 Å². The van der Waals surface area contributed by atoms with Gasteiger partial charge in [-0.15, -0.1) is 0 Å². The fraction of sp³-hybridized carbons (Fsp3) is 0.538. The van der Waals surface area contributed by atoms with Crippen LogP contribution in [0.3, 0.4) is 0 Å². The molecule has 2 N–H and O–H groups in total. The SMILES string of the molecule is O=C(O)C1CCCCC1Nc1ncccc1C(F)(F)F. The van der Waals surface area contributed by atoms with Gasteiger partial charge in [-0.2, -0.15) is 13.2 Å². The van der Waals surface area contributed by atoms with Crippen LogP contribution in [0.15, 0.2) is 18.3 Å². The summed E-state index contributed by atoms with van der Waals surface area (Å²) in [6.45, 7) is 0. The van der Waals surface area contributed by atoms with Gasteiger partial charge >= 0.3 is 12.1 Å². The normalized spacial score (nSPS) is 23.4. The molecule has 0 aliphatic heterocycles. The Kier molecular flexibility index (Phi) is 4.15. The summed E-state index contributed by atoms with van der Waals surface area (Å²) in [7, 11) is 0. The standard InChI is InChI=1S/C13H15F3N2O2/c14-13(15,16)9-5-3-7-17-11(9)18-10-6-2-1-4-8(10)12(19)20/h3,5,7-8,10H,1-2,4,6H2,(H,17,18)(H,19,20). The number of aromatic nitrogens is 1. The zero-order valence-corrected chi connectivity index (χ0v) is 10.7. The van der Waals surface area contributed by atoms with Crippen LogP contribution >= 0.6 is 0 Å². The molecular weight excluding hydrogens is 273 g/mol. The quantitative estimate of drug-likeness (QED) is 0.897. The van der Waals surface area contributed by atoms with Gasteiger partial charge < -0.3 is 10.4 Å². The molecule has 4 nitrogen and oxygen atoms in total. The van der Waals surface area contributed by atoms with Gasteiger partial charge in [0, 0.05) is 12.2 Å². The summed E-state index contributed by atoms with van der Waals surface area (Å²) in [6.07, 6.45) is -0.661. The molecule has 1 aromatic heterocycles. The first-order chi connectivity index (χ1) is 9.39. The lowest BCUT2D eigenvalue weighted by Crippen LogP contribution is -2.37. The summed E-state index contributed by atoms with van der Waals surface area (Å²) in [6, 6.07) is 1.63. The Bertz CT molecular complexity index is 491. The largest absolute Gasteiger partial charge is 0.481 e. The molecule has 1 aliphatic rings. The Morgan fingerprint density at radius 3 is 2.70 bits per heavy atom. The molecular formula is C13H15F3N2O2. The van der Waals surface area contributed by atoms with E-state index in [9.17, 15) is 18.0 Å². The average Bonchev–Trinajstić information content (AvgIpc) is 2.38. The van der Waals surface area contributed by atoms with E-state index in [-0.39, 0.29) is 5.82 Å². The van der Waals surface area contributed by atoms with Gasteiger partial charge in [-0.3, -0.25) is 4.79 Å². The molecule has 0 aromatic carbocycles. The van der Waals surface area contributed by atoms with Crippen molar-refractivity contribution in [3.8, 4) is 0 Å². The number of rotatable bonds is 3. The molecule has 1 heterocycles. The van der Waals surface area contributed by atoms with E-state index in [1.807, 2.05) is 0 Å². The van der Waals surface area contributed by atoms with Gasteiger partial charge in [0.2, 0.25) is 0 Å². The molecule has 2 rings (SSSR count). The summed E-state index contributed by atoms with van der Waals surface area (Å²) in [5.41, 5.74) is -0.866. The molecule has 1 fully saturated rings. The van der Waals surface area contributed by atoms with Gasteiger partial charge in [0.05, 0.1) is 11.5 Å². The Morgan fingerprint density at radius 1 is 1.35 bits per heavy atom. The van der Waals surface area contributed by atoms with E-state index >= 15 is 0 Å². The van der Waals surface area contributed by atoms with Gasteiger partial charge in [-0.25, -0.2) is 4.98 Å². The third-order valence-corrected chi connectivity index (χ3v) is 3.52. The van der Waals surface area contributed by atoms with Crippen LogP contribution in [-0.4, -0.2) is 22.1 Å². The van der Waals surface area contributed by atoms with E-state index in [0.717, 1.165) is 18.9 Å². The number of halogens is 3. The number of pyridine rings is 1. The number of alkyl halides is 3. The molecule has 2 unspecified atom stereocenters. The van der Waals surface area contributed by atoms with Gasteiger partial charge in [0.1, 0.15) is 5.82 Å². The van der Waals surface area contributed by atoms with E-state index in [0.29, 0.717) is 12.8 Å². The summed E-state index contributed by atoms with van der Waals surface area (Å²) in [4.78, 5) is 14.9. The molecule has 0 saturated heterocycles. The van der Waals surface area contributed by atoms with Gasteiger partial charge in [-0.1, -0.05) is 12.8 Å². The Labute approximate surface area is 114 Å². The van der Waals surface area contributed by atoms with Gasteiger partial charge in [-0.05, 0) is 25.0 Å². The van der Waals surface area contributed by atoms with Crippen molar-refractivity contribution in [2.45, 2.75) is 37.9 Å². The molecule has 1 saturated carbocycles. The molecule has 20 heavy (non-hydrogen) atoms. The second-order valence-electron chi connectivity index (χ2n) is 4.88. The lowest BCUT2D eigenvalue weighted by Gasteiger charge is -2.30. The number of carboxylic acids is 1. The van der Waals surface area contributed by atoms with Gasteiger partial charge in [0.25, 0.3) is 0 Å².